The Hall–Kier alpha value is -7.93. The fourth-order valence-electron chi connectivity index (χ4n) is 11.1. The number of ether oxygens (including phenoxy) is 3. The molecule has 2 aromatic carbocycles. The van der Waals surface area contributed by atoms with E-state index < -0.39 is 84.6 Å². The van der Waals surface area contributed by atoms with Crippen LogP contribution in [0.5, 0.6) is 0 Å². The first-order valence-corrected chi connectivity index (χ1v) is 31.0. The normalized spacial score (nSPS) is 16.5. The Bertz CT molecular complexity index is 2710. The Morgan fingerprint density at radius 3 is 1.98 bits per heavy atom. The summed E-state index contributed by atoms with van der Waals surface area (Å²) in [6, 6.07) is 11.4. The van der Waals surface area contributed by atoms with Crippen molar-refractivity contribution < 1.29 is 67.0 Å². The molecule has 0 spiro atoms. The number of unbranched alkanes of at least 4 members (excludes halogenated alkanes) is 2. The third-order valence-corrected chi connectivity index (χ3v) is 16.4. The van der Waals surface area contributed by atoms with Crippen LogP contribution in [0.1, 0.15) is 124 Å². The van der Waals surface area contributed by atoms with Crippen LogP contribution in [0.4, 0.5) is 15.3 Å². The second-order valence-electron chi connectivity index (χ2n) is 23.8. The van der Waals surface area contributed by atoms with Gasteiger partial charge in [0, 0.05) is 78.8 Å². The fourth-order valence-corrected chi connectivity index (χ4v) is 11.1. The molecule has 1 saturated heterocycles. The number of hydrogen-bond donors (Lipinski definition) is 7. The van der Waals surface area contributed by atoms with Gasteiger partial charge in [-0.2, -0.15) is 0 Å². The summed E-state index contributed by atoms with van der Waals surface area (Å²) in [4.78, 5) is 150. The van der Waals surface area contributed by atoms with Crippen molar-refractivity contribution in [2.75, 3.05) is 66.4 Å². The summed E-state index contributed by atoms with van der Waals surface area (Å²) < 4.78 is 17.5. The molecule has 0 radical (unpaired) electrons. The van der Waals surface area contributed by atoms with Crippen molar-refractivity contribution in [3.05, 3.63) is 77.9 Å². The highest BCUT2D eigenvalue weighted by Gasteiger charge is 2.43. The zero-order chi connectivity index (χ0) is 65.9. The number of likely N-dealkylation sites (N-methyl/N-ethyl adjacent to an activating group) is 2. The molecule has 25 nitrogen and oxygen atoms in total. The van der Waals surface area contributed by atoms with Gasteiger partial charge in [-0.3, -0.25) is 48.1 Å². The van der Waals surface area contributed by atoms with Gasteiger partial charge < -0.3 is 66.5 Å². The lowest BCUT2D eigenvalue weighted by molar-refractivity contribution is -0.147. The maximum atomic E-state index is 14.5. The van der Waals surface area contributed by atoms with Gasteiger partial charge in [0.25, 0.3) is 11.8 Å². The van der Waals surface area contributed by atoms with Gasteiger partial charge in [0.05, 0.1) is 36.6 Å². The second kappa shape index (κ2) is 37.2. The highest BCUT2D eigenvalue weighted by Crippen LogP contribution is 2.30. The minimum absolute atomic E-state index is 0.0494. The molecule has 0 unspecified atom stereocenters. The molecule has 8 N–H and O–H groups in total. The van der Waals surface area contributed by atoms with E-state index in [1.165, 1.54) is 26.3 Å². The third-order valence-electron chi connectivity index (χ3n) is 16.4. The number of primary amides is 1. The summed E-state index contributed by atoms with van der Waals surface area (Å²) in [6.07, 6.45) is 4.92. The third kappa shape index (κ3) is 23.2. The topological polar surface area (TPSA) is 327 Å². The highest BCUT2D eigenvalue weighted by atomic mass is 16.6. The van der Waals surface area contributed by atoms with Crippen molar-refractivity contribution in [3.63, 3.8) is 0 Å². The van der Waals surface area contributed by atoms with E-state index in [9.17, 15) is 52.7 Å². The number of carbonyl (C=O) groups excluding carboxylic acids is 11. The molecular formula is C64H97N11O14. The lowest BCUT2D eigenvalue weighted by Gasteiger charge is -2.40. The number of amides is 12. The van der Waals surface area contributed by atoms with Gasteiger partial charge in [-0.1, -0.05) is 104 Å². The number of rotatable bonds is 37. The zero-order valence-electron chi connectivity index (χ0n) is 53.8. The quantitative estimate of drug-likeness (QED) is 0.0369. The summed E-state index contributed by atoms with van der Waals surface area (Å²) >= 11 is 0. The van der Waals surface area contributed by atoms with E-state index in [1.807, 2.05) is 51.1 Å². The van der Waals surface area contributed by atoms with Crippen LogP contribution >= 0.6 is 0 Å². The maximum absolute atomic E-state index is 14.5. The van der Waals surface area contributed by atoms with Crippen molar-refractivity contribution in [2.24, 2.45) is 29.4 Å². The zero-order valence-corrected chi connectivity index (χ0v) is 53.8. The summed E-state index contributed by atoms with van der Waals surface area (Å²) in [5.41, 5.74) is 7.21. The van der Waals surface area contributed by atoms with Crippen LogP contribution in [-0.2, 0) is 70.4 Å². The number of likely N-dealkylation sites (tertiary alicyclic amines) is 1. The Morgan fingerprint density at radius 2 is 1.37 bits per heavy atom. The molecule has 89 heavy (non-hydrogen) atoms. The Balaban J connectivity index is 1.30. The smallest absolute Gasteiger partial charge is 0.410 e. The van der Waals surface area contributed by atoms with Gasteiger partial charge in [-0.15, -0.1) is 0 Å². The number of methoxy groups -OCH3 is 2. The van der Waals surface area contributed by atoms with Gasteiger partial charge in [0.2, 0.25) is 41.4 Å². The molecule has 2 heterocycles. The summed E-state index contributed by atoms with van der Waals surface area (Å²) in [5, 5.41) is 16.6. The number of nitrogens with two attached hydrogens (primary N) is 1. The minimum atomic E-state index is -1.10. The Labute approximate surface area is 524 Å². The number of anilines is 1. The van der Waals surface area contributed by atoms with Crippen LogP contribution in [0.3, 0.4) is 0 Å². The first-order valence-electron chi connectivity index (χ1n) is 31.0. The molecule has 9 atom stereocenters. The van der Waals surface area contributed by atoms with E-state index in [0.29, 0.717) is 62.9 Å². The molecule has 25 heteroatoms. The van der Waals surface area contributed by atoms with Crippen molar-refractivity contribution in [1.82, 2.24) is 46.2 Å². The van der Waals surface area contributed by atoms with E-state index in [2.05, 4.69) is 31.9 Å². The van der Waals surface area contributed by atoms with Crippen molar-refractivity contribution in [2.45, 2.75) is 168 Å². The Kier molecular flexibility index (Phi) is 30.7. The number of hydrogen-bond acceptors (Lipinski definition) is 14. The van der Waals surface area contributed by atoms with Crippen LogP contribution in [0.25, 0.3) is 0 Å². The predicted molar refractivity (Wildman–Crippen MR) is 334 cm³/mol. The number of nitrogens with zero attached hydrogens (tertiary/aromatic N) is 4. The van der Waals surface area contributed by atoms with Crippen LogP contribution in [0.2, 0.25) is 0 Å². The first kappa shape index (κ1) is 73.5. The second-order valence-corrected chi connectivity index (χ2v) is 23.8. The number of carbonyl (C=O) groups is 11. The molecule has 2 aliphatic rings. The highest BCUT2D eigenvalue weighted by molar-refractivity contribution is 6.12. The van der Waals surface area contributed by atoms with Crippen molar-refractivity contribution >= 4 is 71.0 Å². The average molecular weight is 1240 g/mol. The van der Waals surface area contributed by atoms with Crippen LogP contribution in [-0.4, -0.2) is 188 Å². The number of urea groups is 1. The van der Waals surface area contributed by atoms with Crippen molar-refractivity contribution in [3.8, 4) is 0 Å². The van der Waals surface area contributed by atoms with E-state index in [1.54, 1.807) is 75.9 Å². The van der Waals surface area contributed by atoms with E-state index in [-0.39, 0.29) is 98.7 Å². The van der Waals surface area contributed by atoms with Crippen LogP contribution in [0, 0.1) is 23.7 Å². The molecule has 492 valence electrons. The number of benzene rings is 2. The SMILES string of the molecule is CC[C@H](C)[C@@H]([C@H](CC(=O)N1CCC[C@H]1[C@H](OC)[C@@H](C)C(=O)NCCc1ccccc1)OC)N(C)C(=O)[C@@H](NC(=O)CN(C)C(=O)OCc1ccc(NC(=O)[C@H](CCCNC(N)=O)NC(=O)[C@@H](NC(=O)CCCCCN2C(=O)C=CC2=O)C(C)C)cc1)C(C)C. The summed E-state index contributed by atoms with van der Waals surface area (Å²) in [5.74, 6) is -5.13. The van der Waals surface area contributed by atoms with Crippen LogP contribution < -0.4 is 37.6 Å². The van der Waals surface area contributed by atoms with Gasteiger partial charge in [0.1, 0.15) is 31.3 Å². The predicted octanol–water partition coefficient (Wildman–Crippen LogP) is 4.17. The molecule has 0 saturated carbocycles. The van der Waals surface area contributed by atoms with Gasteiger partial charge in [-0.05, 0) is 86.0 Å². The standard InChI is InChI=1S/C64H97N11O14/c1-12-42(6)57(49(87-10)37-54(80)74-36-20-24-48(74)58(88-11)43(7)59(81)66-34-32-44-21-15-13-16-22-44)73(9)62(84)56(41(4)5)71-51(77)38-72(8)64(86)89-39-45-26-28-46(29-27-45)68-60(82)47(23-19-33-67-63(65)85)69-61(83)55(40(2)3)70-50(76)25-17-14-18-35-75-52(78)30-31-53(75)79/h13,15-16,21-22,26-31,40-43,47-49,55-58H,12,14,17-20,23-25,32-39H2,1-11H3,(H,66,81)(H,68,82)(H,69,83)(H,70,76)(H,71,77)(H3,65,67,85)/t42-,43+,47-,48-,49-,55-,56-,57-,58+/m0/s1. The number of imide groups is 1. The van der Waals surface area contributed by atoms with Crippen LogP contribution in [0.15, 0.2) is 66.7 Å². The van der Waals surface area contributed by atoms with Gasteiger partial charge in [0.15, 0.2) is 0 Å². The Morgan fingerprint density at radius 1 is 0.719 bits per heavy atom. The maximum Gasteiger partial charge on any atom is 0.410 e. The lowest BCUT2D eigenvalue weighted by atomic mass is 9.89. The van der Waals surface area contributed by atoms with Crippen molar-refractivity contribution in [1.29, 1.82) is 0 Å². The molecule has 4 rings (SSSR count). The molecule has 0 bridgehead atoms. The minimum Gasteiger partial charge on any atom is -0.445 e. The molecule has 0 aromatic heterocycles. The summed E-state index contributed by atoms with van der Waals surface area (Å²) in [7, 11) is 6.08. The molecule has 2 aromatic rings. The molecule has 1 fully saturated rings. The summed E-state index contributed by atoms with van der Waals surface area (Å²) in [6.45, 7) is 13.5. The largest absolute Gasteiger partial charge is 0.445 e. The van der Waals surface area contributed by atoms with E-state index >= 15 is 0 Å². The molecule has 2 aliphatic heterocycles. The van der Waals surface area contributed by atoms with Gasteiger partial charge >= 0.3 is 12.1 Å². The fraction of sp³-hybridized carbons (Fsp3) is 0.609. The molecular weight excluding hydrogens is 1150 g/mol. The molecule has 12 amide bonds. The van der Waals surface area contributed by atoms with E-state index in [4.69, 9.17) is 19.9 Å². The monoisotopic (exact) mass is 1240 g/mol. The molecule has 0 aliphatic carbocycles. The first-order chi connectivity index (χ1) is 42.3. The van der Waals surface area contributed by atoms with E-state index in [0.717, 1.165) is 21.8 Å². The lowest BCUT2D eigenvalue weighted by Crippen LogP contribution is -2.58. The number of nitrogens with one attached hydrogen (secondary N) is 6. The average Bonchev–Trinajstić information content (AvgIpc) is 2.72. The van der Waals surface area contributed by atoms with Gasteiger partial charge in [-0.25, -0.2) is 9.59 Å².